The molecule has 0 amide bonds. The standard InChI is InChI=1S/C25H42N5O9P/c1-6-8-13-37-23(32)16(3)28-40(35,29-17(4)24(33)38-14-9-7-2)15-11-18-20(31)21(36-5)22(39-18)30-12-10-19(26)27-25(30)34/h10-12,15-18,20-22,31H,6-9,13-14H2,1-5H3,(H2,26,27,34)(H2,28,29,35)/b15-11+/t16-,17+,18-,20-,21-,22-,40?/m1/s1. The van der Waals surface area contributed by atoms with Gasteiger partial charge >= 0.3 is 17.6 Å². The summed E-state index contributed by atoms with van der Waals surface area (Å²) in [6, 6.07) is -0.607. The minimum absolute atomic E-state index is 0.0213. The second kappa shape index (κ2) is 16.0. The zero-order valence-corrected chi connectivity index (χ0v) is 24.5. The number of nitrogen functional groups attached to an aromatic ring is 1. The van der Waals surface area contributed by atoms with Gasteiger partial charge in [0.05, 0.1) is 13.2 Å². The average molecular weight is 588 g/mol. The van der Waals surface area contributed by atoms with Crippen LogP contribution in [0.4, 0.5) is 5.82 Å². The fourth-order valence-corrected chi connectivity index (χ4v) is 5.85. The van der Waals surface area contributed by atoms with Crippen LogP contribution in [0.25, 0.3) is 0 Å². The lowest BCUT2D eigenvalue weighted by Crippen LogP contribution is -2.41. The fraction of sp³-hybridized carbons (Fsp3) is 0.680. The summed E-state index contributed by atoms with van der Waals surface area (Å²) in [4.78, 5) is 41.0. The first-order valence-electron chi connectivity index (χ1n) is 13.3. The lowest BCUT2D eigenvalue weighted by molar-refractivity contribution is -0.145. The Hall–Kier alpha value is -2.61. The van der Waals surface area contributed by atoms with E-state index in [1.165, 1.54) is 45.1 Å². The van der Waals surface area contributed by atoms with Gasteiger partial charge in [0.25, 0.3) is 0 Å². The molecule has 1 fully saturated rings. The molecule has 7 atom stereocenters. The van der Waals surface area contributed by atoms with Crippen molar-refractivity contribution < 1.29 is 38.2 Å². The maximum atomic E-state index is 14.0. The molecule has 15 heteroatoms. The van der Waals surface area contributed by atoms with Crippen molar-refractivity contribution in [3.8, 4) is 0 Å². The molecule has 0 spiro atoms. The average Bonchev–Trinajstić information content (AvgIpc) is 3.22. The summed E-state index contributed by atoms with van der Waals surface area (Å²) in [5.41, 5.74) is 4.86. The number of nitrogens with zero attached hydrogens (tertiary/aromatic N) is 2. The first-order chi connectivity index (χ1) is 19.0. The summed E-state index contributed by atoms with van der Waals surface area (Å²) in [5.74, 6) is -0.0121. The summed E-state index contributed by atoms with van der Waals surface area (Å²) in [6.07, 6.45) is 1.34. The van der Waals surface area contributed by atoms with Crippen molar-refractivity contribution in [2.24, 2.45) is 0 Å². The second-order valence-corrected chi connectivity index (χ2v) is 11.6. The first-order valence-corrected chi connectivity index (χ1v) is 15.1. The smallest absolute Gasteiger partial charge is 0.351 e. The minimum Gasteiger partial charge on any atom is -0.465 e. The van der Waals surface area contributed by atoms with Gasteiger partial charge < -0.3 is 29.8 Å². The third-order valence-electron chi connectivity index (χ3n) is 6.10. The van der Waals surface area contributed by atoms with Crippen molar-refractivity contribution >= 4 is 25.2 Å². The van der Waals surface area contributed by atoms with Crippen LogP contribution in [-0.4, -0.2) is 77.3 Å². The van der Waals surface area contributed by atoms with Gasteiger partial charge in [-0.3, -0.25) is 18.7 Å². The summed E-state index contributed by atoms with van der Waals surface area (Å²) in [7, 11) is -2.50. The minimum atomic E-state index is -3.84. The van der Waals surface area contributed by atoms with Crippen LogP contribution in [-0.2, 0) is 33.1 Å². The number of nitrogens with two attached hydrogens (primary N) is 1. The highest BCUT2D eigenvalue weighted by atomic mass is 31.2. The molecule has 0 radical (unpaired) electrons. The second-order valence-electron chi connectivity index (χ2n) is 9.47. The van der Waals surface area contributed by atoms with Gasteiger partial charge in [-0.25, -0.2) is 15.0 Å². The van der Waals surface area contributed by atoms with Gasteiger partial charge in [0.15, 0.2) is 6.23 Å². The zero-order valence-electron chi connectivity index (χ0n) is 23.6. The molecule has 226 valence electrons. The van der Waals surface area contributed by atoms with Crippen LogP contribution in [0.15, 0.2) is 29.0 Å². The Morgan fingerprint density at radius 2 is 1.73 bits per heavy atom. The van der Waals surface area contributed by atoms with E-state index in [1.54, 1.807) is 0 Å². The number of esters is 2. The molecule has 1 aromatic heterocycles. The monoisotopic (exact) mass is 587 g/mol. The Labute approximate surface area is 234 Å². The predicted molar refractivity (Wildman–Crippen MR) is 147 cm³/mol. The molecule has 0 aliphatic carbocycles. The SMILES string of the molecule is CCCCOC(=O)[C@H](C)NP(=O)(/C=C/[C@H]1O[C@@H](n2ccc(N)nc2=O)[C@H](OC)[C@@H]1O)N[C@H](C)C(=O)OCCCC. The van der Waals surface area contributed by atoms with Gasteiger partial charge in [-0.05, 0) is 38.8 Å². The van der Waals surface area contributed by atoms with E-state index < -0.39 is 61.7 Å². The van der Waals surface area contributed by atoms with E-state index in [4.69, 9.17) is 24.7 Å². The quantitative estimate of drug-likeness (QED) is 0.123. The Kier molecular flexibility index (Phi) is 13.4. The summed E-state index contributed by atoms with van der Waals surface area (Å²) in [6.45, 7) is 7.32. The van der Waals surface area contributed by atoms with Crippen molar-refractivity contribution in [2.75, 3.05) is 26.1 Å². The predicted octanol–water partition coefficient (Wildman–Crippen LogP) is 1.45. The summed E-state index contributed by atoms with van der Waals surface area (Å²) < 4.78 is 36.8. The molecule has 5 N–H and O–H groups in total. The van der Waals surface area contributed by atoms with Crippen LogP contribution < -0.4 is 21.6 Å². The van der Waals surface area contributed by atoms with Gasteiger partial charge in [0, 0.05) is 19.1 Å². The van der Waals surface area contributed by atoms with Crippen molar-refractivity contribution in [3.63, 3.8) is 0 Å². The number of aliphatic hydroxyl groups excluding tert-OH is 1. The van der Waals surface area contributed by atoms with Gasteiger partial charge in [-0.2, -0.15) is 4.98 Å². The molecular weight excluding hydrogens is 545 g/mol. The third-order valence-corrected chi connectivity index (χ3v) is 8.23. The molecule has 0 bridgehead atoms. The Morgan fingerprint density at radius 1 is 1.18 bits per heavy atom. The van der Waals surface area contributed by atoms with Crippen LogP contribution in [0.5, 0.6) is 0 Å². The number of unbranched alkanes of at least 4 members (excludes halogenated alkanes) is 2. The first kappa shape index (κ1) is 33.6. The number of rotatable bonds is 16. The molecule has 2 rings (SSSR count). The number of hydrogen-bond acceptors (Lipinski definition) is 11. The van der Waals surface area contributed by atoms with Crippen LogP contribution in [0.1, 0.15) is 59.6 Å². The summed E-state index contributed by atoms with van der Waals surface area (Å²) >= 11 is 0. The maximum absolute atomic E-state index is 14.0. The number of carbonyl (C=O) groups excluding carboxylic acids is 2. The van der Waals surface area contributed by atoms with E-state index in [9.17, 15) is 24.1 Å². The lowest BCUT2D eigenvalue weighted by atomic mass is 10.1. The molecule has 40 heavy (non-hydrogen) atoms. The maximum Gasteiger partial charge on any atom is 0.351 e. The molecule has 1 aromatic rings. The van der Waals surface area contributed by atoms with Crippen LogP contribution in [0.3, 0.4) is 0 Å². The highest BCUT2D eigenvalue weighted by molar-refractivity contribution is 7.63. The molecule has 1 aliphatic heterocycles. The topological polar surface area (TPSA) is 193 Å². The van der Waals surface area contributed by atoms with Gasteiger partial charge in [0.2, 0.25) is 7.44 Å². The number of ether oxygens (including phenoxy) is 4. The zero-order chi connectivity index (χ0) is 29.9. The number of hydrogen-bond donors (Lipinski definition) is 4. The van der Waals surface area contributed by atoms with Crippen LogP contribution in [0, 0.1) is 0 Å². The van der Waals surface area contributed by atoms with Crippen LogP contribution in [0.2, 0.25) is 0 Å². The highest BCUT2D eigenvalue weighted by Gasteiger charge is 2.45. The van der Waals surface area contributed by atoms with Crippen molar-refractivity contribution in [1.29, 1.82) is 0 Å². The Morgan fingerprint density at radius 3 is 2.20 bits per heavy atom. The van der Waals surface area contributed by atoms with E-state index in [2.05, 4.69) is 15.2 Å². The van der Waals surface area contributed by atoms with E-state index in [-0.39, 0.29) is 19.0 Å². The van der Waals surface area contributed by atoms with E-state index in [0.717, 1.165) is 17.4 Å². The number of carbonyl (C=O) groups is 2. The molecule has 1 saturated heterocycles. The fourth-order valence-electron chi connectivity index (χ4n) is 3.83. The number of methoxy groups -OCH3 is 1. The highest BCUT2D eigenvalue weighted by Crippen LogP contribution is 2.41. The van der Waals surface area contributed by atoms with E-state index >= 15 is 0 Å². The number of aromatic nitrogens is 2. The molecule has 0 aromatic carbocycles. The van der Waals surface area contributed by atoms with Gasteiger partial charge in [-0.1, -0.05) is 26.7 Å². The van der Waals surface area contributed by atoms with E-state index in [0.29, 0.717) is 12.8 Å². The van der Waals surface area contributed by atoms with Crippen molar-refractivity contribution in [2.45, 2.75) is 90.0 Å². The van der Waals surface area contributed by atoms with Crippen LogP contribution >= 0.6 is 7.44 Å². The van der Waals surface area contributed by atoms with Gasteiger partial charge in [-0.15, -0.1) is 0 Å². The largest absolute Gasteiger partial charge is 0.465 e. The summed E-state index contributed by atoms with van der Waals surface area (Å²) in [5, 5.41) is 16.3. The Balaban J connectivity index is 2.27. The molecule has 2 heterocycles. The van der Waals surface area contributed by atoms with E-state index in [1.807, 2.05) is 13.8 Å². The Bertz CT molecular complexity index is 1080. The lowest BCUT2D eigenvalue weighted by Gasteiger charge is -2.24. The number of anilines is 1. The molecular formula is C25H42N5O9P. The number of nitrogens with one attached hydrogen (secondary N) is 2. The molecule has 1 aliphatic rings. The van der Waals surface area contributed by atoms with Crippen molar-refractivity contribution in [3.05, 3.63) is 34.6 Å². The van der Waals surface area contributed by atoms with Gasteiger partial charge in [0.1, 0.15) is 36.2 Å². The molecule has 1 unspecified atom stereocenters. The number of aliphatic hydroxyl groups is 1. The normalized spacial score (nSPS) is 23.9. The van der Waals surface area contributed by atoms with Crippen molar-refractivity contribution in [1.82, 2.24) is 19.7 Å². The third kappa shape index (κ3) is 9.50. The molecule has 0 saturated carbocycles. The molecule has 14 nitrogen and oxygen atoms in total.